The van der Waals surface area contributed by atoms with E-state index in [4.69, 9.17) is 20.4 Å². The Kier molecular flexibility index (Phi) is 4.59. The molecule has 2 aromatic heterocycles. The fourth-order valence-electron chi connectivity index (χ4n) is 2.18. The zero-order valence-corrected chi connectivity index (χ0v) is 14.5. The maximum absolute atomic E-state index is 6.30. The summed E-state index contributed by atoms with van der Waals surface area (Å²) < 4.78 is 11.1. The van der Waals surface area contributed by atoms with Crippen molar-refractivity contribution < 1.29 is 8.83 Å². The molecule has 6 heteroatoms. The summed E-state index contributed by atoms with van der Waals surface area (Å²) in [6, 6.07) is 9.94. The first-order valence-corrected chi connectivity index (χ1v) is 8.59. The Morgan fingerprint density at radius 3 is 2.48 bits per heavy atom. The number of nitrogens with zero attached hydrogens (tertiary/aromatic N) is 2. The number of aromatic nitrogens is 2. The predicted octanol–water partition coefficient (Wildman–Crippen LogP) is 5.41. The third kappa shape index (κ3) is 3.51. The highest BCUT2D eigenvalue weighted by molar-refractivity contribution is 7.98. The summed E-state index contributed by atoms with van der Waals surface area (Å²) in [4.78, 5) is 1.20. The summed E-state index contributed by atoms with van der Waals surface area (Å²) in [6.07, 6.45) is 3.84. The molecule has 0 aliphatic heterocycles. The van der Waals surface area contributed by atoms with Crippen molar-refractivity contribution in [3.8, 4) is 11.5 Å². The molecule has 1 aromatic carbocycles. The van der Waals surface area contributed by atoms with Gasteiger partial charge in [-0.25, -0.2) is 0 Å². The second kappa shape index (κ2) is 6.64. The lowest BCUT2D eigenvalue weighted by molar-refractivity contribution is 0.502. The van der Waals surface area contributed by atoms with E-state index in [1.54, 1.807) is 17.8 Å². The number of halogens is 1. The second-order valence-electron chi connectivity index (χ2n) is 5.00. The maximum Gasteiger partial charge on any atom is 0.259 e. The van der Waals surface area contributed by atoms with E-state index in [1.165, 1.54) is 4.90 Å². The van der Waals surface area contributed by atoms with Crippen molar-refractivity contribution in [2.24, 2.45) is 0 Å². The van der Waals surface area contributed by atoms with Crippen LogP contribution in [0.4, 0.5) is 0 Å². The minimum Gasteiger partial charge on any atom is -0.466 e. The van der Waals surface area contributed by atoms with Crippen molar-refractivity contribution >= 4 is 34.5 Å². The maximum atomic E-state index is 6.30. The summed E-state index contributed by atoms with van der Waals surface area (Å²) in [7, 11) is 0. The molecule has 0 spiro atoms. The zero-order chi connectivity index (χ0) is 16.4. The van der Waals surface area contributed by atoms with Crippen LogP contribution in [-0.4, -0.2) is 16.5 Å². The molecule has 2 heterocycles. The number of hydrogen-bond donors (Lipinski definition) is 0. The van der Waals surface area contributed by atoms with E-state index in [-0.39, 0.29) is 5.89 Å². The van der Waals surface area contributed by atoms with E-state index in [1.807, 2.05) is 50.4 Å². The molecule has 0 aliphatic rings. The van der Waals surface area contributed by atoms with Gasteiger partial charge in [-0.15, -0.1) is 22.0 Å². The van der Waals surface area contributed by atoms with Crippen molar-refractivity contribution in [1.82, 2.24) is 10.2 Å². The Morgan fingerprint density at radius 2 is 1.87 bits per heavy atom. The molecule has 0 radical (unpaired) electrons. The summed E-state index contributed by atoms with van der Waals surface area (Å²) in [5, 5.41) is 8.46. The van der Waals surface area contributed by atoms with Gasteiger partial charge < -0.3 is 8.83 Å². The Morgan fingerprint density at radius 1 is 1.13 bits per heavy atom. The quantitative estimate of drug-likeness (QED) is 0.591. The van der Waals surface area contributed by atoms with Gasteiger partial charge in [-0.1, -0.05) is 23.7 Å². The van der Waals surface area contributed by atoms with Gasteiger partial charge in [0.15, 0.2) is 0 Å². The normalized spacial score (nSPS) is 11.9. The van der Waals surface area contributed by atoms with Gasteiger partial charge in [0.05, 0.1) is 5.56 Å². The third-order valence-electron chi connectivity index (χ3n) is 3.31. The average molecular weight is 347 g/mol. The van der Waals surface area contributed by atoms with E-state index >= 15 is 0 Å². The zero-order valence-electron chi connectivity index (χ0n) is 13.0. The number of furan rings is 1. The molecule has 0 saturated carbocycles. The van der Waals surface area contributed by atoms with Crippen molar-refractivity contribution in [3.05, 3.63) is 53.3 Å². The van der Waals surface area contributed by atoms with Gasteiger partial charge >= 0.3 is 0 Å². The highest BCUT2D eigenvalue weighted by Gasteiger charge is 2.16. The smallest absolute Gasteiger partial charge is 0.259 e. The Hall–Kier alpha value is -1.98. The number of thioether (sulfide) groups is 1. The molecule has 0 fully saturated rings. The van der Waals surface area contributed by atoms with Crippen LogP contribution in [0.25, 0.3) is 22.6 Å². The fourth-order valence-corrected chi connectivity index (χ4v) is 2.79. The Labute approximate surface area is 143 Å². The first-order chi connectivity index (χ1) is 11.1. The second-order valence-corrected chi connectivity index (χ2v) is 6.29. The standard InChI is InChI=1S/C17H15ClN2O2S/c1-10-8-14(11(2)21-10)16-19-20-17(22-16)15(18)9-12-4-6-13(23-3)7-5-12/h4-9H,1-3H3/b15-9-. The molecule has 0 atom stereocenters. The summed E-state index contributed by atoms with van der Waals surface area (Å²) >= 11 is 7.99. The van der Waals surface area contributed by atoms with E-state index in [0.717, 1.165) is 22.6 Å². The van der Waals surface area contributed by atoms with Crippen LogP contribution in [0, 0.1) is 13.8 Å². The van der Waals surface area contributed by atoms with Crippen molar-refractivity contribution in [2.75, 3.05) is 6.26 Å². The molecule has 23 heavy (non-hydrogen) atoms. The molecule has 118 valence electrons. The van der Waals surface area contributed by atoms with Gasteiger partial charge in [-0.05, 0) is 49.9 Å². The fraction of sp³-hybridized carbons (Fsp3) is 0.176. The summed E-state index contributed by atoms with van der Waals surface area (Å²) in [5.41, 5.74) is 1.76. The van der Waals surface area contributed by atoms with Crippen molar-refractivity contribution in [2.45, 2.75) is 18.7 Å². The average Bonchev–Trinajstić information content (AvgIpc) is 3.14. The first kappa shape index (κ1) is 15.9. The first-order valence-electron chi connectivity index (χ1n) is 6.99. The van der Waals surface area contributed by atoms with Crippen LogP contribution >= 0.6 is 23.4 Å². The van der Waals surface area contributed by atoms with E-state index < -0.39 is 0 Å². The van der Waals surface area contributed by atoms with Crippen molar-refractivity contribution in [3.63, 3.8) is 0 Å². The molecule has 0 amide bonds. The van der Waals surface area contributed by atoms with Gasteiger partial charge in [0.2, 0.25) is 0 Å². The third-order valence-corrected chi connectivity index (χ3v) is 4.32. The minimum absolute atomic E-state index is 0.286. The van der Waals surface area contributed by atoms with Crippen LogP contribution in [-0.2, 0) is 0 Å². The largest absolute Gasteiger partial charge is 0.466 e. The van der Waals surface area contributed by atoms with E-state index in [2.05, 4.69) is 10.2 Å². The highest BCUT2D eigenvalue weighted by Crippen LogP contribution is 2.29. The lowest BCUT2D eigenvalue weighted by Gasteiger charge is -1.97. The van der Waals surface area contributed by atoms with Crippen LogP contribution in [0.1, 0.15) is 23.0 Å². The van der Waals surface area contributed by atoms with Crippen molar-refractivity contribution in [1.29, 1.82) is 0 Å². The molecule has 0 saturated heterocycles. The Balaban J connectivity index is 1.86. The molecule has 4 nitrogen and oxygen atoms in total. The molecule has 0 N–H and O–H groups in total. The molecular weight excluding hydrogens is 332 g/mol. The molecular formula is C17H15ClN2O2S. The molecule has 0 unspecified atom stereocenters. The monoisotopic (exact) mass is 346 g/mol. The van der Waals surface area contributed by atoms with Crippen LogP contribution in [0.5, 0.6) is 0 Å². The number of aryl methyl sites for hydroxylation is 2. The summed E-state index contributed by atoms with van der Waals surface area (Å²) in [6.45, 7) is 3.73. The highest BCUT2D eigenvalue weighted by atomic mass is 35.5. The van der Waals surface area contributed by atoms with Crippen LogP contribution < -0.4 is 0 Å². The summed E-state index contributed by atoms with van der Waals surface area (Å²) in [5.74, 6) is 2.23. The lowest BCUT2D eigenvalue weighted by atomic mass is 10.2. The van der Waals surface area contributed by atoms with Gasteiger partial charge in [-0.3, -0.25) is 0 Å². The number of hydrogen-bond acceptors (Lipinski definition) is 5. The van der Waals surface area contributed by atoms with Crippen LogP contribution in [0.2, 0.25) is 0 Å². The van der Waals surface area contributed by atoms with Gasteiger partial charge in [0, 0.05) is 4.90 Å². The molecule has 3 aromatic rings. The molecule has 0 bridgehead atoms. The minimum atomic E-state index is 0.286. The van der Waals surface area contributed by atoms with Crippen LogP contribution in [0.15, 0.2) is 44.1 Å². The van der Waals surface area contributed by atoms with Crippen LogP contribution in [0.3, 0.4) is 0 Å². The predicted molar refractivity (Wildman–Crippen MR) is 93.4 cm³/mol. The number of benzene rings is 1. The number of rotatable bonds is 4. The van der Waals surface area contributed by atoms with Gasteiger partial charge in [0.1, 0.15) is 16.6 Å². The van der Waals surface area contributed by atoms with Gasteiger partial charge in [0.25, 0.3) is 11.8 Å². The lowest BCUT2D eigenvalue weighted by Crippen LogP contribution is -1.78. The molecule has 3 rings (SSSR count). The van der Waals surface area contributed by atoms with Gasteiger partial charge in [-0.2, -0.15) is 0 Å². The van der Waals surface area contributed by atoms with E-state index in [9.17, 15) is 0 Å². The molecule has 0 aliphatic carbocycles. The SMILES string of the molecule is CSc1ccc(/C=C(\Cl)c2nnc(-c3cc(C)oc3C)o2)cc1. The Bertz CT molecular complexity index is 850. The topological polar surface area (TPSA) is 52.1 Å². The van der Waals surface area contributed by atoms with E-state index in [0.29, 0.717) is 10.9 Å².